The summed E-state index contributed by atoms with van der Waals surface area (Å²) in [5.74, 6) is 0.823. The van der Waals surface area contributed by atoms with Gasteiger partial charge in [0.1, 0.15) is 5.66 Å². The molecule has 0 bridgehead atoms. The summed E-state index contributed by atoms with van der Waals surface area (Å²) >= 11 is 0. The van der Waals surface area contributed by atoms with Crippen LogP contribution < -0.4 is 5.32 Å². The van der Waals surface area contributed by atoms with Crippen molar-refractivity contribution in [2.45, 2.75) is 103 Å². The molecule has 0 spiro atoms. The molecule has 0 amide bonds. The molecule has 2 atom stereocenters. The van der Waals surface area contributed by atoms with Crippen LogP contribution in [0.5, 0.6) is 0 Å². The van der Waals surface area contributed by atoms with Crippen LogP contribution in [0.4, 0.5) is 0 Å². The fourth-order valence-electron chi connectivity index (χ4n) is 5.11. The highest BCUT2D eigenvalue weighted by molar-refractivity contribution is 5.97. The molecule has 0 radical (unpaired) electrons. The first kappa shape index (κ1) is 25.7. The van der Waals surface area contributed by atoms with Gasteiger partial charge in [0.05, 0.1) is 12.7 Å². The largest absolute Gasteiger partial charge is 0.465 e. The van der Waals surface area contributed by atoms with Gasteiger partial charge in [-0.05, 0) is 55.9 Å². The van der Waals surface area contributed by atoms with Crippen molar-refractivity contribution in [1.82, 2.24) is 5.32 Å². The Morgan fingerprint density at radius 1 is 1.03 bits per heavy atom. The van der Waals surface area contributed by atoms with E-state index >= 15 is 0 Å². The molecular formula is C29H44N2O2. The average Bonchev–Trinajstić information content (AvgIpc) is 3.46. The number of hydrogen-bond donors (Lipinski definition) is 1. The zero-order chi connectivity index (χ0) is 23.5. The molecule has 1 N–H and O–H groups in total. The normalized spacial score (nSPS) is 25.9. The van der Waals surface area contributed by atoms with Gasteiger partial charge in [-0.1, -0.05) is 82.9 Å². The van der Waals surface area contributed by atoms with E-state index in [1.165, 1.54) is 83.5 Å². The zero-order valence-corrected chi connectivity index (χ0v) is 21.1. The summed E-state index contributed by atoms with van der Waals surface area (Å²) in [5.41, 5.74) is 2.90. The van der Waals surface area contributed by atoms with E-state index in [0.29, 0.717) is 17.4 Å². The molecule has 1 aromatic carbocycles. The number of carbonyl (C=O) groups is 1. The maximum atomic E-state index is 11.7. The summed E-state index contributed by atoms with van der Waals surface area (Å²) in [6.07, 6.45) is 20.4. The van der Waals surface area contributed by atoms with Crippen molar-refractivity contribution in [2.24, 2.45) is 16.8 Å². The summed E-state index contributed by atoms with van der Waals surface area (Å²) in [5, 5.41) is 3.76. The van der Waals surface area contributed by atoms with Crippen LogP contribution in [0.2, 0.25) is 0 Å². The van der Waals surface area contributed by atoms with Gasteiger partial charge in [0.2, 0.25) is 0 Å². The minimum Gasteiger partial charge on any atom is -0.465 e. The van der Waals surface area contributed by atoms with E-state index in [0.717, 1.165) is 18.5 Å². The number of esters is 1. The number of ether oxygens (including phenoxy) is 1. The number of hydrogen-bond acceptors (Lipinski definition) is 4. The van der Waals surface area contributed by atoms with Gasteiger partial charge in [0, 0.05) is 18.2 Å². The molecule has 33 heavy (non-hydrogen) atoms. The summed E-state index contributed by atoms with van der Waals surface area (Å²) in [7, 11) is 1.42. The molecule has 1 aromatic rings. The highest BCUT2D eigenvalue weighted by Gasteiger charge is 2.51. The predicted molar refractivity (Wildman–Crippen MR) is 138 cm³/mol. The molecule has 2 aliphatic carbocycles. The van der Waals surface area contributed by atoms with Gasteiger partial charge in [-0.3, -0.25) is 10.3 Å². The number of rotatable bonds is 7. The molecule has 4 heteroatoms. The molecule has 182 valence electrons. The Morgan fingerprint density at radius 3 is 2.06 bits per heavy atom. The topological polar surface area (TPSA) is 50.7 Å². The first-order valence-electron chi connectivity index (χ1n) is 13.2. The van der Waals surface area contributed by atoms with E-state index in [2.05, 4.69) is 31.3 Å². The maximum absolute atomic E-state index is 11.7. The molecule has 2 aliphatic rings. The van der Waals surface area contributed by atoms with Crippen molar-refractivity contribution in [3.05, 3.63) is 47.5 Å². The van der Waals surface area contributed by atoms with Crippen molar-refractivity contribution in [2.75, 3.05) is 7.11 Å². The Labute approximate surface area is 201 Å². The average molecular weight is 453 g/mol. The number of nitrogens with one attached hydrogen (secondary N) is 1. The standard InChI is InChI=1S/C29H44N2O2/c1-4-14-27(25-15-12-10-8-6-5-7-9-11-13-16-25)31-29(21-23(29)2)30-22-24-17-19-26(20-18-24)28(32)33-3/h4,14,17-20,23,25,30H,5-13,15-16,21-22H2,1-3H3/b14-4-,31-27?. The van der Waals surface area contributed by atoms with Gasteiger partial charge in [-0.15, -0.1) is 0 Å². The Morgan fingerprint density at radius 2 is 1.58 bits per heavy atom. The van der Waals surface area contributed by atoms with Gasteiger partial charge in [0.25, 0.3) is 0 Å². The Balaban J connectivity index is 1.68. The summed E-state index contributed by atoms with van der Waals surface area (Å²) in [6.45, 7) is 5.17. The molecule has 0 saturated heterocycles. The van der Waals surface area contributed by atoms with Crippen LogP contribution in [0.1, 0.15) is 107 Å². The third-order valence-electron chi connectivity index (χ3n) is 7.44. The quantitative estimate of drug-likeness (QED) is 0.350. The molecule has 0 aliphatic heterocycles. The Kier molecular flexibility index (Phi) is 10.2. The SMILES string of the molecule is C/C=C\C(=NC1(NCc2ccc(C(=O)OC)cc2)CC1C)C1CCCCCCCCCCC1. The highest BCUT2D eigenvalue weighted by Crippen LogP contribution is 2.45. The highest BCUT2D eigenvalue weighted by atomic mass is 16.5. The van der Waals surface area contributed by atoms with Crippen molar-refractivity contribution >= 4 is 11.7 Å². The van der Waals surface area contributed by atoms with Crippen LogP contribution in [-0.2, 0) is 11.3 Å². The van der Waals surface area contributed by atoms with E-state index < -0.39 is 0 Å². The van der Waals surface area contributed by atoms with E-state index in [-0.39, 0.29) is 11.6 Å². The lowest BCUT2D eigenvalue weighted by Crippen LogP contribution is -2.33. The van der Waals surface area contributed by atoms with E-state index in [4.69, 9.17) is 9.73 Å². The second kappa shape index (κ2) is 13.1. The second-order valence-corrected chi connectivity index (χ2v) is 10.1. The smallest absolute Gasteiger partial charge is 0.337 e. The van der Waals surface area contributed by atoms with Crippen molar-refractivity contribution in [3.8, 4) is 0 Å². The van der Waals surface area contributed by atoms with Gasteiger partial charge in [-0.2, -0.15) is 0 Å². The van der Waals surface area contributed by atoms with E-state index in [1.54, 1.807) is 0 Å². The Bertz CT molecular complexity index is 786. The third kappa shape index (κ3) is 7.81. The lowest BCUT2D eigenvalue weighted by molar-refractivity contribution is 0.0600. The summed E-state index contributed by atoms with van der Waals surface area (Å²) in [4.78, 5) is 17.1. The first-order valence-corrected chi connectivity index (χ1v) is 13.2. The van der Waals surface area contributed by atoms with Crippen LogP contribution in [0.15, 0.2) is 41.4 Å². The molecule has 4 nitrogen and oxygen atoms in total. The van der Waals surface area contributed by atoms with Crippen molar-refractivity contribution < 1.29 is 9.53 Å². The molecule has 0 aromatic heterocycles. The van der Waals surface area contributed by atoms with Gasteiger partial charge >= 0.3 is 5.97 Å². The van der Waals surface area contributed by atoms with Crippen molar-refractivity contribution in [1.29, 1.82) is 0 Å². The number of carbonyl (C=O) groups excluding carboxylic acids is 1. The molecule has 2 fully saturated rings. The van der Waals surface area contributed by atoms with Crippen LogP contribution in [0, 0.1) is 11.8 Å². The van der Waals surface area contributed by atoms with Crippen molar-refractivity contribution in [3.63, 3.8) is 0 Å². The number of benzene rings is 1. The zero-order valence-electron chi connectivity index (χ0n) is 21.1. The Hall–Kier alpha value is -1.94. The molecule has 0 heterocycles. The fraction of sp³-hybridized carbons (Fsp3) is 0.655. The fourth-order valence-corrected chi connectivity index (χ4v) is 5.11. The number of aliphatic imine (C=N–C) groups is 1. The summed E-state index contributed by atoms with van der Waals surface area (Å²) < 4.78 is 4.80. The van der Waals surface area contributed by atoms with Gasteiger partial charge in [0.15, 0.2) is 0 Å². The molecular weight excluding hydrogens is 408 g/mol. The number of allylic oxidation sites excluding steroid dienone is 2. The first-order chi connectivity index (χ1) is 16.1. The summed E-state index contributed by atoms with van der Waals surface area (Å²) in [6, 6.07) is 7.68. The van der Waals surface area contributed by atoms with Crippen LogP contribution in [0.25, 0.3) is 0 Å². The van der Waals surface area contributed by atoms with Crippen LogP contribution >= 0.6 is 0 Å². The number of nitrogens with zero attached hydrogens (tertiary/aromatic N) is 1. The predicted octanol–water partition coefficient (Wildman–Crippen LogP) is 7.24. The second-order valence-electron chi connectivity index (χ2n) is 10.1. The lowest BCUT2D eigenvalue weighted by Gasteiger charge is -2.22. The minimum atomic E-state index is -0.292. The maximum Gasteiger partial charge on any atom is 0.337 e. The van der Waals surface area contributed by atoms with Crippen LogP contribution in [-0.4, -0.2) is 24.5 Å². The third-order valence-corrected chi connectivity index (χ3v) is 7.44. The lowest BCUT2D eigenvalue weighted by atomic mass is 9.89. The molecule has 2 unspecified atom stereocenters. The van der Waals surface area contributed by atoms with E-state index in [9.17, 15) is 4.79 Å². The van der Waals surface area contributed by atoms with Crippen LogP contribution in [0.3, 0.4) is 0 Å². The minimum absolute atomic E-state index is 0.153. The van der Waals surface area contributed by atoms with Gasteiger partial charge < -0.3 is 4.74 Å². The molecule has 3 rings (SSSR count). The molecule has 2 saturated carbocycles. The van der Waals surface area contributed by atoms with Gasteiger partial charge in [-0.25, -0.2) is 4.79 Å². The monoisotopic (exact) mass is 452 g/mol. The van der Waals surface area contributed by atoms with E-state index in [1.807, 2.05) is 24.3 Å². The number of methoxy groups -OCH3 is 1.